The van der Waals surface area contributed by atoms with Gasteiger partial charge >= 0.3 is 11.8 Å². The zero-order valence-electron chi connectivity index (χ0n) is 18.9. The van der Waals surface area contributed by atoms with Gasteiger partial charge in [0.25, 0.3) is 0 Å². The highest BCUT2D eigenvalue weighted by molar-refractivity contribution is 7.89. The van der Waals surface area contributed by atoms with Crippen LogP contribution in [0.5, 0.6) is 0 Å². The summed E-state index contributed by atoms with van der Waals surface area (Å²) in [5.41, 5.74) is 3.08. The summed E-state index contributed by atoms with van der Waals surface area (Å²) < 4.78 is 33.8. The van der Waals surface area contributed by atoms with Crippen molar-refractivity contribution < 1.29 is 22.7 Å². The molecule has 0 spiro atoms. The van der Waals surface area contributed by atoms with Gasteiger partial charge in [0.05, 0.1) is 18.0 Å². The first kappa shape index (κ1) is 25.2. The van der Waals surface area contributed by atoms with E-state index in [1.165, 1.54) is 4.31 Å². The van der Waals surface area contributed by atoms with E-state index in [-0.39, 0.29) is 24.5 Å². The highest BCUT2D eigenvalue weighted by Crippen LogP contribution is 2.28. The first-order valence-corrected chi connectivity index (χ1v) is 12.4. The Morgan fingerprint density at radius 1 is 1.06 bits per heavy atom. The highest BCUT2D eigenvalue weighted by atomic mass is 35.5. The summed E-state index contributed by atoms with van der Waals surface area (Å²) >= 11 is 5.84. The fraction of sp³-hybridized carbons (Fsp3) is 0.391. The minimum absolute atomic E-state index is 0.142. The molecule has 1 aliphatic rings. The summed E-state index contributed by atoms with van der Waals surface area (Å²) in [6, 6.07) is 10.5. The van der Waals surface area contributed by atoms with Crippen LogP contribution in [0.4, 0.5) is 0 Å². The predicted octanol–water partition coefficient (Wildman–Crippen LogP) is 2.43. The van der Waals surface area contributed by atoms with Gasteiger partial charge < -0.3 is 15.4 Å². The largest absolute Gasteiger partial charge is 0.360 e. The van der Waals surface area contributed by atoms with Gasteiger partial charge in [-0.05, 0) is 56.0 Å². The van der Waals surface area contributed by atoms with E-state index in [4.69, 9.17) is 16.3 Å². The number of ether oxygens (including phenoxy) is 1. The maximum Gasteiger partial charge on any atom is 0.309 e. The summed E-state index contributed by atoms with van der Waals surface area (Å²) in [5, 5.41) is 5.59. The summed E-state index contributed by atoms with van der Waals surface area (Å²) in [4.78, 5) is 24.7. The lowest BCUT2D eigenvalue weighted by atomic mass is 10.1. The Balaban J connectivity index is 1.65. The van der Waals surface area contributed by atoms with Crippen LogP contribution in [0.1, 0.15) is 28.7 Å². The second-order valence-electron chi connectivity index (χ2n) is 8.04. The van der Waals surface area contributed by atoms with Crippen LogP contribution in [-0.2, 0) is 30.9 Å². The molecule has 0 radical (unpaired) electrons. The van der Waals surface area contributed by atoms with Crippen LogP contribution in [0.15, 0.2) is 41.3 Å². The van der Waals surface area contributed by atoms with Gasteiger partial charge in [-0.1, -0.05) is 41.4 Å². The molecule has 2 aromatic rings. The molecule has 3 rings (SSSR count). The van der Waals surface area contributed by atoms with Crippen molar-refractivity contribution in [2.45, 2.75) is 44.9 Å². The second-order valence-corrected chi connectivity index (χ2v) is 10.3. The van der Waals surface area contributed by atoms with Crippen LogP contribution < -0.4 is 10.6 Å². The number of carbonyl (C=O) groups is 2. The molecule has 1 saturated heterocycles. The monoisotopic (exact) mass is 493 g/mol. The Morgan fingerprint density at radius 2 is 1.67 bits per heavy atom. The Kier molecular flexibility index (Phi) is 8.12. The first-order chi connectivity index (χ1) is 15.6. The molecule has 0 aliphatic carbocycles. The minimum atomic E-state index is -3.86. The summed E-state index contributed by atoms with van der Waals surface area (Å²) in [7, 11) is -3.86. The van der Waals surface area contributed by atoms with Crippen LogP contribution in [0.2, 0.25) is 5.02 Å². The van der Waals surface area contributed by atoms with Crippen molar-refractivity contribution in [3.63, 3.8) is 0 Å². The molecule has 2 amide bonds. The topological polar surface area (TPSA) is 105 Å². The van der Waals surface area contributed by atoms with E-state index >= 15 is 0 Å². The van der Waals surface area contributed by atoms with Crippen LogP contribution in [0.25, 0.3) is 0 Å². The summed E-state index contributed by atoms with van der Waals surface area (Å²) in [6.45, 7) is 6.08. The Labute approximate surface area is 199 Å². The lowest BCUT2D eigenvalue weighted by Gasteiger charge is -2.35. The van der Waals surface area contributed by atoms with Crippen LogP contribution in [0.3, 0.4) is 0 Å². The smallest absolute Gasteiger partial charge is 0.309 e. The molecule has 2 aromatic carbocycles. The molecule has 178 valence electrons. The van der Waals surface area contributed by atoms with Crippen molar-refractivity contribution in [3.05, 3.63) is 63.7 Å². The number of aryl methyl sites for hydroxylation is 3. The number of hydrogen-bond acceptors (Lipinski definition) is 5. The molecule has 1 heterocycles. The van der Waals surface area contributed by atoms with Gasteiger partial charge in [-0.2, -0.15) is 4.31 Å². The van der Waals surface area contributed by atoms with Crippen molar-refractivity contribution in [3.8, 4) is 0 Å². The van der Waals surface area contributed by atoms with Crippen molar-refractivity contribution in [2.75, 3.05) is 19.7 Å². The van der Waals surface area contributed by atoms with E-state index in [0.717, 1.165) is 11.1 Å². The summed E-state index contributed by atoms with van der Waals surface area (Å²) in [6.07, 6.45) is -0.369. The Hall–Kier alpha value is -2.46. The lowest BCUT2D eigenvalue weighted by molar-refractivity contribution is -0.140. The van der Waals surface area contributed by atoms with Crippen molar-refractivity contribution in [1.29, 1.82) is 0 Å². The summed E-state index contributed by atoms with van der Waals surface area (Å²) in [5.74, 6) is -1.68. The number of carbonyl (C=O) groups excluding carboxylic acids is 2. The highest BCUT2D eigenvalue weighted by Gasteiger charge is 2.36. The average Bonchev–Trinajstić information content (AvgIpc) is 2.76. The fourth-order valence-electron chi connectivity index (χ4n) is 3.92. The van der Waals surface area contributed by atoms with E-state index in [2.05, 4.69) is 10.6 Å². The van der Waals surface area contributed by atoms with Gasteiger partial charge in [0.2, 0.25) is 10.0 Å². The second kappa shape index (κ2) is 10.6. The number of halogens is 1. The van der Waals surface area contributed by atoms with E-state index < -0.39 is 28.1 Å². The maximum atomic E-state index is 13.5. The Bertz CT molecular complexity index is 1110. The van der Waals surface area contributed by atoms with E-state index in [0.29, 0.717) is 29.2 Å². The van der Waals surface area contributed by atoms with Crippen molar-refractivity contribution in [1.82, 2.24) is 14.9 Å². The van der Waals surface area contributed by atoms with E-state index in [9.17, 15) is 18.0 Å². The first-order valence-electron chi connectivity index (χ1n) is 10.6. The predicted molar refractivity (Wildman–Crippen MR) is 125 cm³/mol. The molecule has 1 aliphatic heterocycles. The molecule has 0 bridgehead atoms. The number of sulfonamides is 1. The number of hydrogen-bond donors (Lipinski definition) is 2. The quantitative estimate of drug-likeness (QED) is 0.601. The lowest BCUT2D eigenvalue weighted by Crippen LogP contribution is -2.53. The van der Waals surface area contributed by atoms with Gasteiger partial charge in [0.15, 0.2) is 0 Å². The molecule has 2 N–H and O–H groups in total. The van der Waals surface area contributed by atoms with Crippen molar-refractivity contribution >= 4 is 33.4 Å². The number of rotatable bonds is 6. The third-order valence-electron chi connectivity index (χ3n) is 5.34. The fourth-order valence-corrected chi connectivity index (χ4v) is 6.03. The van der Waals surface area contributed by atoms with Crippen LogP contribution in [-0.4, -0.2) is 50.5 Å². The van der Waals surface area contributed by atoms with Gasteiger partial charge in [-0.15, -0.1) is 0 Å². The average molecular weight is 494 g/mol. The molecular formula is C23H28ClN3O5S. The standard InChI is InChI=1S/C23H28ClN3O5S/c1-15-11-16(2)21(17(3)12-15)33(30,31)27-9-4-10-32-20(27)14-26-23(29)22(28)25-13-18-5-7-19(24)8-6-18/h5-8,11-12,20H,4,9-10,13-14H2,1-3H3,(H,25,28)(H,26,29)/t20-/m0/s1. The van der Waals surface area contributed by atoms with Gasteiger partial charge in [0.1, 0.15) is 6.23 Å². The van der Waals surface area contributed by atoms with E-state index in [1.807, 2.05) is 19.1 Å². The van der Waals surface area contributed by atoms with Gasteiger partial charge in [-0.25, -0.2) is 8.42 Å². The molecule has 0 saturated carbocycles. The molecule has 0 aromatic heterocycles. The van der Waals surface area contributed by atoms with Crippen LogP contribution in [0, 0.1) is 20.8 Å². The molecule has 8 nitrogen and oxygen atoms in total. The minimum Gasteiger partial charge on any atom is -0.360 e. The normalized spacial score (nSPS) is 16.9. The van der Waals surface area contributed by atoms with Crippen LogP contribution >= 0.6 is 11.6 Å². The van der Waals surface area contributed by atoms with E-state index in [1.54, 1.807) is 38.1 Å². The number of nitrogens with one attached hydrogen (secondary N) is 2. The van der Waals surface area contributed by atoms with Crippen molar-refractivity contribution in [2.24, 2.45) is 0 Å². The third kappa shape index (κ3) is 6.11. The molecule has 1 fully saturated rings. The number of benzene rings is 2. The van der Waals surface area contributed by atoms with Gasteiger partial charge in [0, 0.05) is 18.1 Å². The SMILES string of the molecule is Cc1cc(C)c(S(=O)(=O)N2CCCO[C@H]2CNC(=O)C(=O)NCc2ccc(Cl)cc2)c(C)c1. The van der Waals surface area contributed by atoms with Gasteiger partial charge in [-0.3, -0.25) is 9.59 Å². The zero-order chi connectivity index (χ0) is 24.2. The Morgan fingerprint density at radius 3 is 2.30 bits per heavy atom. The number of amides is 2. The molecule has 10 heteroatoms. The number of nitrogens with zero attached hydrogens (tertiary/aromatic N) is 1. The molecular weight excluding hydrogens is 466 g/mol. The molecule has 1 atom stereocenters. The zero-order valence-corrected chi connectivity index (χ0v) is 20.4. The molecule has 33 heavy (non-hydrogen) atoms. The maximum absolute atomic E-state index is 13.5. The molecule has 0 unspecified atom stereocenters. The third-order valence-corrected chi connectivity index (χ3v) is 7.78.